The summed E-state index contributed by atoms with van der Waals surface area (Å²) >= 11 is 2.25. The first-order chi connectivity index (χ1) is 15.9. The summed E-state index contributed by atoms with van der Waals surface area (Å²) in [6, 6.07) is 19.8. The Morgan fingerprint density at radius 3 is 2.39 bits per heavy atom. The van der Waals surface area contributed by atoms with E-state index in [1.807, 2.05) is 62.5 Å². The molecule has 4 rings (SSSR count). The number of aromatic nitrogens is 1. The minimum Gasteiger partial charge on any atom is -0.410 e. The van der Waals surface area contributed by atoms with Crippen molar-refractivity contribution in [3.05, 3.63) is 93.2 Å². The van der Waals surface area contributed by atoms with Crippen molar-refractivity contribution in [1.29, 1.82) is 0 Å². The summed E-state index contributed by atoms with van der Waals surface area (Å²) in [6.07, 6.45) is 1.50. The smallest absolute Gasteiger partial charge is 0.410 e. The van der Waals surface area contributed by atoms with Crippen LogP contribution in [0.15, 0.2) is 72.9 Å². The van der Waals surface area contributed by atoms with Gasteiger partial charge >= 0.3 is 6.09 Å². The van der Waals surface area contributed by atoms with Crippen molar-refractivity contribution in [3.8, 4) is 5.75 Å². The lowest BCUT2D eigenvalue weighted by molar-refractivity contribution is -0.118. The molecule has 1 aromatic heterocycles. The van der Waals surface area contributed by atoms with E-state index in [1.165, 1.54) is 0 Å². The van der Waals surface area contributed by atoms with Crippen LogP contribution in [0.3, 0.4) is 0 Å². The minimum atomic E-state index is -0.835. The average molecular weight is 553 g/mol. The molecule has 0 aliphatic carbocycles. The fraction of sp³-hybridized carbons (Fsp3) is 0.154. The van der Waals surface area contributed by atoms with Crippen molar-refractivity contribution in [1.82, 2.24) is 10.3 Å². The molecular weight excluding hydrogens is 529 g/mol. The molecule has 0 aliphatic rings. The second kappa shape index (κ2) is 10.1. The lowest BCUT2D eigenvalue weighted by Crippen LogP contribution is -2.46. The van der Waals surface area contributed by atoms with Crippen LogP contribution in [0, 0.1) is 17.4 Å². The van der Waals surface area contributed by atoms with E-state index in [1.54, 1.807) is 24.3 Å². The van der Waals surface area contributed by atoms with Crippen molar-refractivity contribution in [2.24, 2.45) is 0 Å². The van der Waals surface area contributed by atoms with E-state index in [9.17, 15) is 9.59 Å². The molecule has 1 heterocycles. The van der Waals surface area contributed by atoms with Gasteiger partial charge in [0.15, 0.2) is 0 Å². The molecule has 168 valence electrons. The van der Waals surface area contributed by atoms with Crippen LogP contribution in [0.2, 0.25) is 0 Å². The highest BCUT2D eigenvalue weighted by Gasteiger charge is 2.24. The number of hydrogen-bond acceptors (Lipinski definition) is 3. The van der Waals surface area contributed by atoms with Crippen LogP contribution in [0.1, 0.15) is 16.7 Å². The lowest BCUT2D eigenvalue weighted by atomic mass is 10.0. The summed E-state index contributed by atoms with van der Waals surface area (Å²) in [4.78, 5) is 29.2. The number of amides is 2. The first kappa shape index (κ1) is 22.8. The quantitative estimate of drug-likeness (QED) is 0.267. The number of nitrogens with one attached hydrogen (secondary N) is 3. The Morgan fingerprint density at radius 2 is 1.67 bits per heavy atom. The number of carbonyl (C=O) groups excluding carboxylic acids is 2. The zero-order chi connectivity index (χ0) is 23.4. The highest BCUT2D eigenvalue weighted by molar-refractivity contribution is 14.1. The molecule has 2 amide bonds. The normalized spacial score (nSPS) is 11.7. The van der Waals surface area contributed by atoms with E-state index in [0.717, 1.165) is 36.9 Å². The maximum absolute atomic E-state index is 13.4. The standard InChI is InChI=1S/C26H24IN3O3/c1-16-12-19(27)13-17(2)24(16)30-25(31)23(29-26(32)33-20-8-4-3-5-9-20)14-18-15-28-22-11-7-6-10-21(18)22/h3-13,15,23,28H,14H2,1-2H3,(H,29,32)(H,30,31)/t23-/m1/s1. The number of aryl methyl sites for hydroxylation is 2. The molecule has 7 heteroatoms. The van der Waals surface area contributed by atoms with Gasteiger partial charge in [0.25, 0.3) is 0 Å². The van der Waals surface area contributed by atoms with E-state index in [-0.39, 0.29) is 5.91 Å². The third kappa shape index (κ3) is 5.54. The molecule has 4 aromatic rings. The van der Waals surface area contributed by atoms with Gasteiger partial charge in [0.2, 0.25) is 5.91 Å². The number of para-hydroxylation sites is 2. The molecule has 0 bridgehead atoms. The molecule has 3 aromatic carbocycles. The molecule has 0 saturated heterocycles. The van der Waals surface area contributed by atoms with Gasteiger partial charge in [-0.2, -0.15) is 0 Å². The predicted octanol–water partition coefficient (Wildman–Crippen LogP) is 5.73. The van der Waals surface area contributed by atoms with Crippen LogP contribution in [0.25, 0.3) is 10.9 Å². The number of carbonyl (C=O) groups is 2. The fourth-order valence-corrected chi connectivity index (χ4v) is 4.75. The second-order valence-corrected chi connectivity index (χ2v) is 9.11. The molecule has 3 N–H and O–H groups in total. The van der Waals surface area contributed by atoms with Crippen molar-refractivity contribution < 1.29 is 14.3 Å². The Morgan fingerprint density at radius 1 is 1.00 bits per heavy atom. The van der Waals surface area contributed by atoms with E-state index < -0.39 is 12.1 Å². The molecule has 6 nitrogen and oxygen atoms in total. The Labute approximate surface area is 205 Å². The highest BCUT2D eigenvalue weighted by atomic mass is 127. The third-order valence-electron chi connectivity index (χ3n) is 5.41. The van der Waals surface area contributed by atoms with E-state index in [0.29, 0.717) is 12.2 Å². The topological polar surface area (TPSA) is 83.2 Å². The van der Waals surface area contributed by atoms with E-state index >= 15 is 0 Å². The number of H-pyrrole nitrogens is 1. The number of ether oxygens (including phenoxy) is 1. The zero-order valence-corrected chi connectivity index (χ0v) is 20.5. The van der Waals surface area contributed by atoms with Crippen LogP contribution in [-0.4, -0.2) is 23.0 Å². The lowest BCUT2D eigenvalue weighted by Gasteiger charge is -2.20. The number of halogens is 1. The van der Waals surface area contributed by atoms with Crippen LogP contribution < -0.4 is 15.4 Å². The molecule has 33 heavy (non-hydrogen) atoms. The summed E-state index contributed by atoms with van der Waals surface area (Å²) < 4.78 is 6.47. The summed E-state index contributed by atoms with van der Waals surface area (Å²) in [5.74, 6) is 0.100. The van der Waals surface area contributed by atoms with Gasteiger partial charge in [0, 0.05) is 32.8 Å². The van der Waals surface area contributed by atoms with Gasteiger partial charge in [-0.05, 0) is 83.5 Å². The molecule has 0 fully saturated rings. The monoisotopic (exact) mass is 553 g/mol. The second-order valence-electron chi connectivity index (χ2n) is 7.87. The zero-order valence-electron chi connectivity index (χ0n) is 18.3. The summed E-state index contributed by atoms with van der Waals surface area (Å²) in [5.41, 5.74) is 4.59. The largest absolute Gasteiger partial charge is 0.413 e. The van der Waals surface area contributed by atoms with Gasteiger partial charge in [0.1, 0.15) is 11.8 Å². The Balaban J connectivity index is 1.58. The van der Waals surface area contributed by atoms with Gasteiger partial charge in [-0.25, -0.2) is 4.79 Å². The first-order valence-corrected chi connectivity index (χ1v) is 11.6. The summed E-state index contributed by atoms with van der Waals surface area (Å²) in [5, 5.41) is 6.77. The Hall–Kier alpha value is -3.33. The SMILES string of the molecule is Cc1cc(I)cc(C)c1NC(=O)[C@@H](Cc1c[nH]c2ccccc12)NC(=O)Oc1ccccc1. The van der Waals surface area contributed by atoms with Crippen molar-refractivity contribution in [3.63, 3.8) is 0 Å². The highest BCUT2D eigenvalue weighted by Crippen LogP contribution is 2.24. The molecule has 0 saturated carbocycles. The molecule has 1 atom stereocenters. The van der Waals surface area contributed by atoms with Gasteiger partial charge < -0.3 is 20.4 Å². The van der Waals surface area contributed by atoms with Gasteiger partial charge in [-0.15, -0.1) is 0 Å². The van der Waals surface area contributed by atoms with E-state index in [4.69, 9.17) is 4.74 Å². The Bertz CT molecular complexity index is 1280. The van der Waals surface area contributed by atoms with Crippen molar-refractivity contribution in [2.75, 3.05) is 5.32 Å². The Kier molecular flexibility index (Phi) is 6.98. The number of fused-ring (bicyclic) bond motifs is 1. The van der Waals surface area contributed by atoms with Crippen molar-refractivity contribution in [2.45, 2.75) is 26.3 Å². The van der Waals surface area contributed by atoms with Gasteiger partial charge in [-0.1, -0.05) is 36.4 Å². The molecule has 0 spiro atoms. The van der Waals surface area contributed by atoms with Crippen LogP contribution in [0.5, 0.6) is 5.75 Å². The van der Waals surface area contributed by atoms with Gasteiger partial charge in [0.05, 0.1) is 0 Å². The number of rotatable bonds is 6. The molecule has 0 unspecified atom stereocenters. The predicted molar refractivity (Wildman–Crippen MR) is 139 cm³/mol. The number of anilines is 1. The van der Waals surface area contributed by atoms with Gasteiger partial charge in [-0.3, -0.25) is 4.79 Å². The number of aromatic amines is 1. The summed E-state index contributed by atoms with van der Waals surface area (Å²) in [7, 11) is 0. The first-order valence-electron chi connectivity index (χ1n) is 10.6. The third-order valence-corrected chi connectivity index (χ3v) is 6.03. The maximum atomic E-state index is 13.4. The minimum absolute atomic E-state index is 0.308. The van der Waals surface area contributed by atoms with Crippen LogP contribution in [0.4, 0.5) is 10.5 Å². The molecular formula is C26H24IN3O3. The van der Waals surface area contributed by atoms with Crippen molar-refractivity contribution >= 4 is 51.2 Å². The summed E-state index contributed by atoms with van der Waals surface area (Å²) in [6.45, 7) is 3.91. The molecule has 0 radical (unpaired) electrons. The van der Waals surface area contributed by atoms with Crippen LogP contribution in [-0.2, 0) is 11.2 Å². The molecule has 0 aliphatic heterocycles. The number of benzene rings is 3. The fourth-order valence-electron chi connectivity index (χ4n) is 3.82. The number of hydrogen-bond donors (Lipinski definition) is 3. The maximum Gasteiger partial charge on any atom is 0.413 e. The van der Waals surface area contributed by atoms with Crippen LogP contribution >= 0.6 is 22.6 Å². The van der Waals surface area contributed by atoms with E-state index in [2.05, 4.69) is 38.2 Å². The average Bonchev–Trinajstić information content (AvgIpc) is 3.19.